The van der Waals surface area contributed by atoms with Crippen LogP contribution in [0.4, 0.5) is 0 Å². The second-order valence-corrected chi connectivity index (χ2v) is 3.08. The Balaban J connectivity index is 2.62. The minimum absolute atomic E-state index is 0.377. The van der Waals surface area contributed by atoms with Gasteiger partial charge >= 0.3 is 5.97 Å². The summed E-state index contributed by atoms with van der Waals surface area (Å²) in [5, 5.41) is 0. The summed E-state index contributed by atoms with van der Waals surface area (Å²) >= 11 is 0. The lowest BCUT2D eigenvalue weighted by atomic mass is 10.3. The van der Waals surface area contributed by atoms with E-state index in [2.05, 4.69) is 16.6 Å². The molecule has 0 spiro atoms. The van der Waals surface area contributed by atoms with Crippen molar-refractivity contribution in [1.29, 1.82) is 0 Å². The van der Waals surface area contributed by atoms with Crippen molar-refractivity contribution in [3.63, 3.8) is 0 Å². The quantitative estimate of drug-likeness (QED) is 0.550. The molecule has 0 aliphatic carbocycles. The lowest BCUT2D eigenvalue weighted by Crippen LogP contribution is -2.03. The minimum Gasteiger partial charge on any atom is -0.478 e. The van der Waals surface area contributed by atoms with Gasteiger partial charge < -0.3 is 9.47 Å². The first-order valence-electron chi connectivity index (χ1n) is 4.95. The largest absolute Gasteiger partial charge is 0.478 e. The fourth-order valence-electron chi connectivity index (χ4n) is 1.05. The van der Waals surface area contributed by atoms with E-state index in [-0.39, 0.29) is 5.97 Å². The molecule has 0 aromatic carbocycles. The number of unbranched alkanes of at least 4 members (excludes halogenated alkanes) is 1. The molecule has 0 amide bonds. The standard InChI is InChI=1S/C11H15NO3/c1-3-4-7-15-10-8-9(5-6-12-10)11(13)14-2/h5-6,8H,3-4,7H2,1-2H3. The van der Waals surface area contributed by atoms with Crippen LogP contribution in [0, 0.1) is 0 Å². The lowest BCUT2D eigenvalue weighted by Gasteiger charge is -2.05. The van der Waals surface area contributed by atoms with Crippen molar-refractivity contribution in [2.45, 2.75) is 19.8 Å². The average molecular weight is 209 g/mol. The molecule has 0 N–H and O–H groups in total. The predicted octanol–water partition coefficient (Wildman–Crippen LogP) is 2.05. The van der Waals surface area contributed by atoms with Crippen LogP contribution in [0.25, 0.3) is 0 Å². The van der Waals surface area contributed by atoms with Gasteiger partial charge in [0.05, 0.1) is 19.3 Å². The number of rotatable bonds is 5. The highest BCUT2D eigenvalue weighted by Gasteiger charge is 2.06. The van der Waals surface area contributed by atoms with Crippen molar-refractivity contribution in [3.05, 3.63) is 23.9 Å². The number of hydrogen-bond donors (Lipinski definition) is 0. The third-order valence-corrected chi connectivity index (χ3v) is 1.90. The van der Waals surface area contributed by atoms with Crippen LogP contribution in [0.3, 0.4) is 0 Å². The molecular weight excluding hydrogens is 194 g/mol. The molecule has 1 aromatic heterocycles. The van der Waals surface area contributed by atoms with Gasteiger partial charge in [0.2, 0.25) is 5.88 Å². The van der Waals surface area contributed by atoms with Crippen molar-refractivity contribution in [2.75, 3.05) is 13.7 Å². The van der Waals surface area contributed by atoms with Crippen LogP contribution in [-0.4, -0.2) is 24.7 Å². The first-order chi connectivity index (χ1) is 7.27. The molecular formula is C11H15NO3. The second kappa shape index (κ2) is 6.01. The summed E-state index contributed by atoms with van der Waals surface area (Å²) in [5.74, 6) is 0.0871. The van der Waals surface area contributed by atoms with Crippen LogP contribution >= 0.6 is 0 Å². The van der Waals surface area contributed by atoms with Gasteiger partial charge in [0.25, 0.3) is 0 Å². The molecule has 15 heavy (non-hydrogen) atoms. The zero-order valence-corrected chi connectivity index (χ0v) is 9.03. The van der Waals surface area contributed by atoms with Crippen LogP contribution < -0.4 is 4.74 Å². The van der Waals surface area contributed by atoms with Gasteiger partial charge in [-0.1, -0.05) is 13.3 Å². The van der Waals surface area contributed by atoms with Crippen molar-refractivity contribution < 1.29 is 14.3 Å². The summed E-state index contributed by atoms with van der Waals surface area (Å²) in [7, 11) is 1.35. The molecule has 1 rings (SSSR count). The first kappa shape index (κ1) is 11.5. The number of carbonyl (C=O) groups excluding carboxylic acids is 1. The summed E-state index contributed by atoms with van der Waals surface area (Å²) in [6.07, 6.45) is 3.58. The molecule has 0 saturated heterocycles. The van der Waals surface area contributed by atoms with Crippen LogP contribution in [0.2, 0.25) is 0 Å². The molecule has 0 atom stereocenters. The average Bonchev–Trinajstić information content (AvgIpc) is 2.29. The van der Waals surface area contributed by atoms with E-state index in [4.69, 9.17) is 4.74 Å². The second-order valence-electron chi connectivity index (χ2n) is 3.08. The lowest BCUT2D eigenvalue weighted by molar-refractivity contribution is 0.0600. The third-order valence-electron chi connectivity index (χ3n) is 1.90. The van der Waals surface area contributed by atoms with Crippen molar-refractivity contribution in [2.24, 2.45) is 0 Å². The number of esters is 1. The Hall–Kier alpha value is -1.58. The Bertz CT molecular complexity index is 325. The van der Waals surface area contributed by atoms with Crippen LogP contribution in [0.15, 0.2) is 18.3 Å². The Labute approximate surface area is 89.2 Å². The molecule has 0 unspecified atom stereocenters. The maximum absolute atomic E-state index is 11.2. The summed E-state index contributed by atoms with van der Waals surface area (Å²) in [6, 6.07) is 3.18. The zero-order valence-electron chi connectivity index (χ0n) is 9.03. The van der Waals surface area contributed by atoms with Gasteiger partial charge in [0, 0.05) is 12.3 Å². The minimum atomic E-state index is -0.377. The van der Waals surface area contributed by atoms with Gasteiger partial charge in [-0.15, -0.1) is 0 Å². The molecule has 4 nitrogen and oxygen atoms in total. The van der Waals surface area contributed by atoms with E-state index >= 15 is 0 Å². The van der Waals surface area contributed by atoms with Crippen molar-refractivity contribution in [1.82, 2.24) is 4.98 Å². The Kier molecular flexibility index (Phi) is 4.60. The molecule has 0 aliphatic heterocycles. The summed E-state index contributed by atoms with van der Waals surface area (Å²) < 4.78 is 9.96. The SMILES string of the molecule is CCCCOc1cc(C(=O)OC)ccn1. The molecule has 0 saturated carbocycles. The van der Waals surface area contributed by atoms with Gasteiger partial charge in [-0.2, -0.15) is 0 Å². The topological polar surface area (TPSA) is 48.4 Å². The Morgan fingerprint density at radius 3 is 3.00 bits per heavy atom. The first-order valence-corrected chi connectivity index (χ1v) is 4.95. The molecule has 0 radical (unpaired) electrons. The molecule has 0 aliphatic rings. The number of pyridine rings is 1. The molecule has 0 fully saturated rings. The van der Waals surface area contributed by atoms with Gasteiger partial charge in [-0.25, -0.2) is 9.78 Å². The summed E-state index contributed by atoms with van der Waals surface area (Å²) in [4.78, 5) is 15.2. The summed E-state index contributed by atoms with van der Waals surface area (Å²) in [5.41, 5.74) is 0.457. The fourth-order valence-corrected chi connectivity index (χ4v) is 1.05. The van der Waals surface area contributed by atoms with E-state index in [1.807, 2.05) is 0 Å². The van der Waals surface area contributed by atoms with Crippen LogP contribution in [-0.2, 0) is 4.74 Å². The van der Waals surface area contributed by atoms with E-state index in [0.29, 0.717) is 18.1 Å². The maximum Gasteiger partial charge on any atom is 0.338 e. The smallest absolute Gasteiger partial charge is 0.338 e. The van der Waals surface area contributed by atoms with Crippen molar-refractivity contribution >= 4 is 5.97 Å². The van der Waals surface area contributed by atoms with Crippen LogP contribution in [0.1, 0.15) is 30.1 Å². The van der Waals surface area contributed by atoms with Gasteiger partial charge in [-0.05, 0) is 12.5 Å². The van der Waals surface area contributed by atoms with Gasteiger partial charge in [-0.3, -0.25) is 0 Å². The number of nitrogens with zero attached hydrogens (tertiary/aromatic N) is 1. The van der Waals surface area contributed by atoms with E-state index < -0.39 is 0 Å². The zero-order chi connectivity index (χ0) is 11.1. The van der Waals surface area contributed by atoms with E-state index in [1.165, 1.54) is 13.3 Å². The molecule has 1 heterocycles. The maximum atomic E-state index is 11.2. The van der Waals surface area contributed by atoms with Crippen molar-refractivity contribution in [3.8, 4) is 5.88 Å². The number of methoxy groups -OCH3 is 1. The van der Waals surface area contributed by atoms with Gasteiger partial charge in [0.15, 0.2) is 0 Å². The van der Waals surface area contributed by atoms with E-state index in [1.54, 1.807) is 12.1 Å². The highest BCUT2D eigenvalue weighted by Crippen LogP contribution is 2.10. The number of aromatic nitrogens is 1. The fraction of sp³-hybridized carbons (Fsp3) is 0.455. The molecule has 1 aromatic rings. The van der Waals surface area contributed by atoms with E-state index in [0.717, 1.165) is 12.8 Å². The highest BCUT2D eigenvalue weighted by atomic mass is 16.5. The molecule has 4 heteroatoms. The highest BCUT2D eigenvalue weighted by molar-refractivity contribution is 5.89. The normalized spacial score (nSPS) is 9.73. The van der Waals surface area contributed by atoms with Gasteiger partial charge in [0.1, 0.15) is 0 Å². The molecule has 0 bridgehead atoms. The number of ether oxygens (including phenoxy) is 2. The Morgan fingerprint density at radius 2 is 2.33 bits per heavy atom. The predicted molar refractivity (Wildman–Crippen MR) is 56.0 cm³/mol. The third kappa shape index (κ3) is 3.58. The summed E-state index contributed by atoms with van der Waals surface area (Å²) in [6.45, 7) is 2.70. The van der Waals surface area contributed by atoms with Crippen LogP contribution in [0.5, 0.6) is 5.88 Å². The Morgan fingerprint density at radius 1 is 1.53 bits per heavy atom. The van der Waals surface area contributed by atoms with E-state index in [9.17, 15) is 4.79 Å². The monoisotopic (exact) mass is 209 g/mol. The number of hydrogen-bond acceptors (Lipinski definition) is 4. The number of carbonyl (C=O) groups is 1. The molecule has 82 valence electrons.